The van der Waals surface area contributed by atoms with Crippen LogP contribution in [0, 0.1) is 0 Å². The summed E-state index contributed by atoms with van der Waals surface area (Å²) in [4.78, 5) is 4.62. The van der Waals surface area contributed by atoms with Gasteiger partial charge in [-0.1, -0.05) is 38.1 Å². The van der Waals surface area contributed by atoms with Gasteiger partial charge in [0.05, 0.1) is 11.2 Å². The molecule has 3 rings (SSSR count). The summed E-state index contributed by atoms with van der Waals surface area (Å²) >= 11 is 1.83. The molecule has 0 spiro atoms. The van der Waals surface area contributed by atoms with Gasteiger partial charge in [-0.15, -0.1) is 11.8 Å². The van der Waals surface area contributed by atoms with E-state index in [1.54, 1.807) is 0 Å². The van der Waals surface area contributed by atoms with Crippen molar-refractivity contribution in [3.8, 4) is 0 Å². The van der Waals surface area contributed by atoms with Crippen molar-refractivity contribution < 1.29 is 4.52 Å². The van der Waals surface area contributed by atoms with E-state index < -0.39 is 0 Å². The fraction of sp³-hybridized carbons (Fsp3) is 0.500. The van der Waals surface area contributed by atoms with Gasteiger partial charge in [-0.25, -0.2) is 0 Å². The van der Waals surface area contributed by atoms with E-state index in [4.69, 9.17) is 10.3 Å². The fourth-order valence-electron chi connectivity index (χ4n) is 2.34. The quantitative estimate of drug-likeness (QED) is 0.871. The molecule has 0 atom stereocenters. The summed E-state index contributed by atoms with van der Waals surface area (Å²) in [6.45, 7) is 6.57. The van der Waals surface area contributed by atoms with Crippen LogP contribution in [0.5, 0.6) is 0 Å². The number of hydrogen-bond acceptors (Lipinski definition) is 5. The van der Waals surface area contributed by atoms with Crippen LogP contribution >= 0.6 is 11.8 Å². The summed E-state index contributed by atoms with van der Waals surface area (Å²) in [6, 6.07) is 8.00. The van der Waals surface area contributed by atoms with Gasteiger partial charge in [-0.05, 0) is 30.5 Å². The maximum Gasteiger partial charge on any atom is 0.237 e. The number of benzene rings is 1. The first-order valence-electron chi connectivity index (χ1n) is 7.22. The molecular weight excluding hydrogens is 282 g/mol. The Labute approximate surface area is 129 Å². The highest BCUT2D eigenvalue weighted by Gasteiger charge is 2.50. The molecule has 112 valence electrons. The van der Waals surface area contributed by atoms with Crippen molar-refractivity contribution in [2.75, 3.05) is 5.73 Å². The first-order chi connectivity index (χ1) is 9.89. The second kappa shape index (κ2) is 5.05. The van der Waals surface area contributed by atoms with Crippen LogP contribution in [0.15, 0.2) is 28.8 Å². The van der Waals surface area contributed by atoms with E-state index in [9.17, 15) is 0 Å². The van der Waals surface area contributed by atoms with Crippen molar-refractivity contribution in [3.05, 3.63) is 41.5 Å². The normalized spacial score (nSPS) is 16.9. The molecule has 1 aliphatic rings. The average molecular weight is 303 g/mol. The zero-order chi connectivity index (χ0) is 15.1. The maximum absolute atomic E-state index is 5.76. The number of anilines is 1. The lowest BCUT2D eigenvalue weighted by Crippen LogP contribution is -2.10. The largest absolute Gasteiger partial charge is 0.399 e. The van der Waals surface area contributed by atoms with E-state index in [0.717, 1.165) is 36.0 Å². The molecule has 1 heterocycles. The first kappa shape index (κ1) is 14.4. The van der Waals surface area contributed by atoms with E-state index in [1.165, 1.54) is 5.56 Å². The Morgan fingerprint density at radius 2 is 1.90 bits per heavy atom. The summed E-state index contributed by atoms with van der Waals surface area (Å²) in [7, 11) is 0. The highest BCUT2D eigenvalue weighted by molar-refractivity contribution is 7.99. The molecule has 2 N–H and O–H groups in total. The zero-order valence-electron chi connectivity index (χ0n) is 12.7. The van der Waals surface area contributed by atoms with Crippen molar-refractivity contribution >= 4 is 17.4 Å². The third-order valence-electron chi connectivity index (χ3n) is 3.73. The Kier molecular flexibility index (Phi) is 3.48. The predicted molar refractivity (Wildman–Crippen MR) is 86.2 cm³/mol. The van der Waals surface area contributed by atoms with Gasteiger partial charge in [0.2, 0.25) is 5.89 Å². The number of hydrogen-bond donors (Lipinski definition) is 1. The molecule has 0 aliphatic heterocycles. The molecule has 0 unspecified atom stereocenters. The highest BCUT2D eigenvalue weighted by atomic mass is 32.2. The number of nitrogens with two attached hydrogens (primary N) is 1. The van der Waals surface area contributed by atoms with Gasteiger partial charge in [-0.3, -0.25) is 0 Å². The molecule has 21 heavy (non-hydrogen) atoms. The van der Waals surface area contributed by atoms with Gasteiger partial charge in [0.1, 0.15) is 0 Å². The number of thioether (sulfide) groups is 1. The van der Waals surface area contributed by atoms with Gasteiger partial charge in [0, 0.05) is 10.4 Å². The van der Waals surface area contributed by atoms with Crippen molar-refractivity contribution in [2.45, 2.75) is 49.5 Å². The van der Waals surface area contributed by atoms with Crippen LogP contribution in [0.2, 0.25) is 0 Å². The fourth-order valence-corrected chi connectivity index (χ4v) is 3.02. The second-order valence-corrected chi connectivity index (χ2v) is 8.42. The molecule has 1 saturated carbocycles. The third-order valence-corrected chi connectivity index (χ3v) is 4.99. The van der Waals surface area contributed by atoms with E-state index in [2.05, 4.69) is 43.0 Å². The Balaban J connectivity index is 1.78. The zero-order valence-corrected chi connectivity index (χ0v) is 13.5. The smallest absolute Gasteiger partial charge is 0.237 e. The first-order valence-corrected chi connectivity index (χ1v) is 8.21. The van der Waals surface area contributed by atoms with E-state index in [0.29, 0.717) is 0 Å². The van der Waals surface area contributed by atoms with Crippen LogP contribution in [0.4, 0.5) is 5.69 Å². The minimum Gasteiger partial charge on any atom is -0.399 e. The molecular formula is C16H21N3OS. The van der Waals surface area contributed by atoms with E-state index >= 15 is 0 Å². The van der Waals surface area contributed by atoms with Gasteiger partial charge >= 0.3 is 0 Å². The molecule has 4 nitrogen and oxygen atoms in total. The van der Waals surface area contributed by atoms with Crippen molar-refractivity contribution in [3.63, 3.8) is 0 Å². The Hall–Kier alpha value is -1.49. The molecule has 5 heteroatoms. The van der Waals surface area contributed by atoms with Crippen LogP contribution in [0.3, 0.4) is 0 Å². The Morgan fingerprint density at radius 1 is 1.24 bits per heavy atom. The highest BCUT2D eigenvalue weighted by Crippen LogP contribution is 2.52. The van der Waals surface area contributed by atoms with Gasteiger partial charge in [0.15, 0.2) is 5.82 Å². The summed E-state index contributed by atoms with van der Waals surface area (Å²) in [5.74, 6) is 2.31. The molecule has 1 aromatic carbocycles. The van der Waals surface area contributed by atoms with E-state index in [1.807, 2.05) is 23.9 Å². The Bertz CT molecular complexity index is 624. The van der Waals surface area contributed by atoms with Gasteiger partial charge in [-0.2, -0.15) is 4.98 Å². The van der Waals surface area contributed by atoms with Gasteiger partial charge < -0.3 is 10.3 Å². The summed E-state index contributed by atoms with van der Waals surface area (Å²) in [5.41, 5.74) is 7.68. The van der Waals surface area contributed by atoms with Crippen LogP contribution < -0.4 is 5.73 Å². The van der Waals surface area contributed by atoms with Crippen molar-refractivity contribution in [1.29, 1.82) is 0 Å². The van der Waals surface area contributed by atoms with Crippen LogP contribution in [-0.2, 0) is 11.2 Å². The number of rotatable bonds is 4. The second-order valence-electron chi connectivity index (χ2n) is 6.62. The monoisotopic (exact) mass is 303 g/mol. The summed E-state index contributed by atoms with van der Waals surface area (Å²) in [6.07, 6.45) is 2.12. The minimum absolute atomic E-state index is 0.0780. The maximum atomic E-state index is 5.76. The number of nitrogens with zero attached hydrogens (tertiary/aromatic N) is 2. The minimum atomic E-state index is -0.0780. The molecule has 0 amide bonds. The average Bonchev–Trinajstić information content (AvgIpc) is 3.09. The summed E-state index contributed by atoms with van der Waals surface area (Å²) < 4.78 is 5.74. The molecule has 1 fully saturated rings. The SMILES string of the molecule is CC(C)(C)SCc1noc(C2(c3ccc(N)cc3)CC2)n1. The third kappa shape index (κ3) is 3.07. The Morgan fingerprint density at radius 3 is 2.48 bits per heavy atom. The van der Waals surface area contributed by atoms with Crippen molar-refractivity contribution in [1.82, 2.24) is 10.1 Å². The van der Waals surface area contributed by atoms with Crippen LogP contribution in [0.25, 0.3) is 0 Å². The molecule has 1 aromatic heterocycles. The molecule has 1 aliphatic carbocycles. The lowest BCUT2D eigenvalue weighted by Gasteiger charge is -2.15. The number of nitrogen functional groups attached to an aromatic ring is 1. The molecule has 2 aromatic rings. The summed E-state index contributed by atoms with van der Waals surface area (Å²) in [5, 5.41) is 4.14. The van der Waals surface area contributed by atoms with Crippen LogP contribution in [0.1, 0.15) is 50.9 Å². The lowest BCUT2D eigenvalue weighted by molar-refractivity contribution is 0.356. The van der Waals surface area contributed by atoms with Crippen LogP contribution in [-0.4, -0.2) is 14.9 Å². The topological polar surface area (TPSA) is 64.9 Å². The van der Waals surface area contributed by atoms with E-state index in [-0.39, 0.29) is 10.2 Å². The van der Waals surface area contributed by atoms with Gasteiger partial charge in [0.25, 0.3) is 0 Å². The standard InChI is InChI=1S/C16H21N3OS/c1-15(2,3)21-10-13-18-14(20-19-13)16(8-9-16)11-4-6-12(17)7-5-11/h4-7H,8-10,17H2,1-3H3. The predicted octanol–water partition coefficient (Wildman–Crippen LogP) is 3.76. The van der Waals surface area contributed by atoms with Crippen molar-refractivity contribution in [2.24, 2.45) is 0 Å². The molecule has 0 saturated heterocycles. The molecule has 0 bridgehead atoms. The lowest BCUT2D eigenvalue weighted by atomic mass is 9.96. The number of aromatic nitrogens is 2. The molecule has 0 radical (unpaired) electrons.